The predicted octanol–water partition coefficient (Wildman–Crippen LogP) is 3.58. The Morgan fingerprint density at radius 2 is 1.83 bits per heavy atom. The van der Waals surface area contributed by atoms with Crippen LogP contribution in [0.3, 0.4) is 0 Å². The Morgan fingerprint density at radius 1 is 1.33 bits per heavy atom. The Bertz CT molecular complexity index is 200. The molecule has 0 N–H and O–H groups in total. The van der Waals surface area contributed by atoms with E-state index in [4.69, 9.17) is 0 Å². The minimum absolute atomic E-state index is 0.0597. The van der Waals surface area contributed by atoms with E-state index in [9.17, 15) is 8.78 Å². The van der Waals surface area contributed by atoms with E-state index in [1.807, 2.05) is 13.8 Å². The number of hydrogen-bond acceptors (Lipinski definition) is 0. The SMILES string of the molecule is C=C/C=C(\C(=C)C(F)F)C(C)C. The Balaban J connectivity index is 4.64. The standard InChI is InChI=1S/C10H14F2/c1-5-6-9(7(2)3)8(4)10(11)12/h5-7,10H,1,4H2,2-3H3/b9-6-. The lowest BCUT2D eigenvalue weighted by Gasteiger charge is -2.12. The van der Waals surface area contributed by atoms with Crippen molar-refractivity contribution in [1.29, 1.82) is 0 Å². The van der Waals surface area contributed by atoms with E-state index >= 15 is 0 Å². The molecule has 0 unspecified atom stereocenters. The van der Waals surface area contributed by atoms with Crippen molar-refractivity contribution < 1.29 is 8.78 Å². The first-order chi connectivity index (χ1) is 5.50. The lowest BCUT2D eigenvalue weighted by molar-refractivity contribution is 0.191. The molecule has 0 atom stereocenters. The fraction of sp³-hybridized carbons (Fsp3) is 0.400. The summed E-state index contributed by atoms with van der Waals surface area (Å²) in [7, 11) is 0. The van der Waals surface area contributed by atoms with Crippen LogP contribution in [0.15, 0.2) is 36.5 Å². The van der Waals surface area contributed by atoms with Crippen molar-refractivity contribution in [2.45, 2.75) is 20.3 Å². The molecule has 12 heavy (non-hydrogen) atoms. The quantitative estimate of drug-likeness (QED) is 0.568. The average molecular weight is 172 g/mol. The van der Waals surface area contributed by atoms with Gasteiger partial charge in [-0.1, -0.05) is 39.2 Å². The van der Waals surface area contributed by atoms with Gasteiger partial charge in [0.25, 0.3) is 6.43 Å². The molecule has 0 saturated heterocycles. The molecule has 0 aliphatic heterocycles. The van der Waals surface area contributed by atoms with Crippen molar-refractivity contribution in [2.24, 2.45) is 5.92 Å². The highest BCUT2D eigenvalue weighted by molar-refractivity contribution is 5.34. The highest BCUT2D eigenvalue weighted by Gasteiger charge is 2.15. The van der Waals surface area contributed by atoms with Gasteiger partial charge in [0.1, 0.15) is 0 Å². The van der Waals surface area contributed by atoms with E-state index in [0.29, 0.717) is 5.57 Å². The van der Waals surface area contributed by atoms with Gasteiger partial charge in [-0.2, -0.15) is 0 Å². The summed E-state index contributed by atoms with van der Waals surface area (Å²) in [6.07, 6.45) is 0.612. The third-order valence-corrected chi connectivity index (χ3v) is 1.55. The lowest BCUT2D eigenvalue weighted by atomic mass is 9.96. The van der Waals surface area contributed by atoms with Gasteiger partial charge in [-0.05, 0) is 11.5 Å². The molecule has 0 heterocycles. The van der Waals surface area contributed by atoms with Crippen molar-refractivity contribution in [3.8, 4) is 0 Å². The summed E-state index contributed by atoms with van der Waals surface area (Å²) in [5.41, 5.74) is 0.463. The van der Waals surface area contributed by atoms with Crippen molar-refractivity contribution >= 4 is 0 Å². The molecule has 0 saturated carbocycles. The van der Waals surface area contributed by atoms with Crippen LogP contribution in [0.1, 0.15) is 13.8 Å². The second-order valence-electron chi connectivity index (χ2n) is 2.84. The minimum atomic E-state index is -2.47. The molecule has 0 aliphatic rings. The van der Waals surface area contributed by atoms with E-state index in [-0.39, 0.29) is 11.5 Å². The molecule has 0 aromatic carbocycles. The highest BCUT2D eigenvalue weighted by Crippen LogP contribution is 2.23. The fourth-order valence-corrected chi connectivity index (χ4v) is 0.923. The number of allylic oxidation sites excluding steroid dienone is 4. The molecular formula is C10H14F2. The van der Waals surface area contributed by atoms with Gasteiger partial charge in [0.05, 0.1) is 0 Å². The summed E-state index contributed by atoms with van der Waals surface area (Å²) in [4.78, 5) is 0. The normalized spacial score (nSPS) is 12.3. The molecule has 0 aromatic rings. The summed E-state index contributed by atoms with van der Waals surface area (Å²) in [5, 5.41) is 0. The molecule has 68 valence electrons. The summed E-state index contributed by atoms with van der Waals surface area (Å²) in [5.74, 6) is 0.0597. The van der Waals surface area contributed by atoms with Gasteiger partial charge in [-0.15, -0.1) is 0 Å². The summed E-state index contributed by atoms with van der Waals surface area (Å²) in [6, 6.07) is 0. The van der Waals surface area contributed by atoms with Crippen LogP contribution in [-0.2, 0) is 0 Å². The van der Waals surface area contributed by atoms with Gasteiger partial charge in [-0.25, -0.2) is 8.78 Å². The van der Waals surface area contributed by atoms with Gasteiger partial charge in [0.15, 0.2) is 0 Å². The van der Waals surface area contributed by atoms with E-state index in [2.05, 4.69) is 13.2 Å². The highest BCUT2D eigenvalue weighted by atomic mass is 19.3. The summed E-state index contributed by atoms with van der Waals surface area (Å²) >= 11 is 0. The van der Waals surface area contributed by atoms with Gasteiger partial charge < -0.3 is 0 Å². The molecule has 0 radical (unpaired) electrons. The van der Waals surface area contributed by atoms with Crippen LogP contribution in [0, 0.1) is 5.92 Å². The third kappa shape index (κ3) is 2.99. The zero-order valence-electron chi connectivity index (χ0n) is 7.48. The predicted molar refractivity (Wildman–Crippen MR) is 48.3 cm³/mol. The molecule has 0 aromatic heterocycles. The molecule has 0 bridgehead atoms. The van der Waals surface area contributed by atoms with Crippen molar-refractivity contribution in [1.82, 2.24) is 0 Å². The topological polar surface area (TPSA) is 0 Å². The molecule has 0 nitrogen and oxygen atoms in total. The van der Waals surface area contributed by atoms with Gasteiger partial charge in [0, 0.05) is 5.57 Å². The van der Waals surface area contributed by atoms with Crippen molar-refractivity contribution in [3.05, 3.63) is 36.5 Å². The van der Waals surface area contributed by atoms with Crippen LogP contribution in [0.5, 0.6) is 0 Å². The first-order valence-electron chi connectivity index (χ1n) is 3.80. The second-order valence-corrected chi connectivity index (χ2v) is 2.84. The maximum atomic E-state index is 12.2. The molecular weight excluding hydrogens is 158 g/mol. The number of hydrogen-bond donors (Lipinski definition) is 0. The van der Waals surface area contributed by atoms with E-state index in [1.54, 1.807) is 6.08 Å². The summed E-state index contributed by atoms with van der Waals surface area (Å²) < 4.78 is 24.4. The zero-order chi connectivity index (χ0) is 9.72. The first-order valence-corrected chi connectivity index (χ1v) is 3.80. The van der Waals surface area contributed by atoms with E-state index < -0.39 is 6.43 Å². The number of alkyl halides is 2. The number of halogens is 2. The van der Waals surface area contributed by atoms with Gasteiger partial charge in [0.2, 0.25) is 0 Å². The van der Waals surface area contributed by atoms with Crippen molar-refractivity contribution in [2.75, 3.05) is 0 Å². The molecule has 2 heteroatoms. The molecule has 0 rings (SSSR count). The van der Waals surface area contributed by atoms with Crippen LogP contribution in [-0.4, -0.2) is 6.43 Å². The monoisotopic (exact) mass is 172 g/mol. The zero-order valence-corrected chi connectivity index (χ0v) is 7.48. The molecule has 0 amide bonds. The van der Waals surface area contributed by atoms with Gasteiger partial charge in [-0.3, -0.25) is 0 Å². The maximum absolute atomic E-state index is 12.2. The van der Waals surface area contributed by atoms with Crippen LogP contribution in [0.2, 0.25) is 0 Å². The van der Waals surface area contributed by atoms with Gasteiger partial charge >= 0.3 is 0 Å². The largest absolute Gasteiger partial charge is 0.263 e. The van der Waals surface area contributed by atoms with Crippen LogP contribution >= 0.6 is 0 Å². The van der Waals surface area contributed by atoms with Crippen LogP contribution < -0.4 is 0 Å². The Labute approximate surface area is 72.3 Å². The maximum Gasteiger partial charge on any atom is 0.263 e. The Kier molecular flexibility index (Phi) is 4.49. The minimum Gasteiger partial charge on any atom is -0.205 e. The van der Waals surface area contributed by atoms with Crippen LogP contribution in [0.4, 0.5) is 8.78 Å². The smallest absolute Gasteiger partial charge is 0.205 e. The lowest BCUT2D eigenvalue weighted by Crippen LogP contribution is -2.04. The fourth-order valence-electron chi connectivity index (χ4n) is 0.923. The second kappa shape index (κ2) is 4.86. The molecule has 0 aliphatic carbocycles. The van der Waals surface area contributed by atoms with E-state index in [0.717, 1.165) is 0 Å². The number of rotatable bonds is 4. The van der Waals surface area contributed by atoms with Crippen molar-refractivity contribution in [3.63, 3.8) is 0 Å². The van der Waals surface area contributed by atoms with Crippen LogP contribution in [0.25, 0.3) is 0 Å². The van der Waals surface area contributed by atoms with E-state index in [1.165, 1.54) is 6.08 Å². The third-order valence-electron chi connectivity index (χ3n) is 1.55. The Hall–Kier alpha value is -0.920. The summed E-state index contributed by atoms with van der Waals surface area (Å²) in [6.45, 7) is 10.5. The Morgan fingerprint density at radius 3 is 2.08 bits per heavy atom. The molecule has 0 spiro atoms. The first kappa shape index (κ1) is 11.1. The average Bonchev–Trinajstić information content (AvgIpc) is 1.98. The molecule has 0 fully saturated rings.